The molecule has 0 saturated heterocycles. The highest BCUT2D eigenvalue weighted by Gasteiger charge is 2.04. The Morgan fingerprint density at radius 3 is 2.85 bits per heavy atom. The molecule has 0 amide bonds. The van der Waals surface area contributed by atoms with Crippen LogP contribution in [0.5, 0.6) is 0 Å². The number of hydrogen-bond acceptors (Lipinski definition) is 4. The number of nitrogens with one attached hydrogen (secondary N) is 2. The predicted octanol–water partition coefficient (Wildman–Crippen LogP) is 2.26. The van der Waals surface area contributed by atoms with E-state index in [1.807, 2.05) is 19.1 Å². The molecule has 0 aliphatic heterocycles. The van der Waals surface area contributed by atoms with Gasteiger partial charge >= 0.3 is 0 Å². The van der Waals surface area contributed by atoms with E-state index in [4.69, 9.17) is 4.42 Å². The first-order valence-corrected chi connectivity index (χ1v) is 7.40. The lowest BCUT2D eigenvalue weighted by Crippen LogP contribution is -2.37. The molecule has 0 spiro atoms. The van der Waals surface area contributed by atoms with Gasteiger partial charge in [-0.2, -0.15) is 0 Å². The summed E-state index contributed by atoms with van der Waals surface area (Å²) in [5, 5.41) is 7.60. The van der Waals surface area contributed by atoms with Crippen LogP contribution in [-0.4, -0.2) is 24.5 Å². The van der Waals surface area contributed by atoms with Crippen molar-refractivity contribution in [2.75, 3.05) is 13.6 Å². The molecule has 2 rings (SSSR count). The third-order valence-corrected chi connectivity index (χ3v) is 4.02. The van der Waals surface area contributed by atoms with Gasteiger partial charge in [0.15, 0.2) is 5.96 Å². The van der Waals surface area contributed by atoms with Crippen LogP contribution in [0.4, 0.5) is 0 Å². The summed E-state index contributed by atoms with van der Waals surface area (Å²) in [6.45, 7) is 5.60. The average Bonchev–Trinajstić information content (AvgIpc) is 3.05. The minimum Gasteiger partial charge on any atom is -0.469 e. The molecule has 0 saturated carbocycles. The van der Waals surface area contributed by atoms with Crippen LogP contribution < -0.4 is 10.6 Å². The van der Waals surface area contributed by atoms with E-state index < -0.39 is 0 Å². The number of furan rings is 1. The highest BCUT2D eigenvalue weighted by molar-refractivity contribution is 7.11. The van der Waals surface area contributed by atoms with Crippen molar-refractivity contribution in [2.24, 2.45) is 4.99 Å². The van der Waals surface area contributed by atoms with Gasteiger partial charge in [0.1, 0.15) is 10.8 Å². The summed E-state index contributed by atoms with van der Waals surface area (Å²) in [6, 6.07) is 3.87. The Kier molecular flexibility index (Phi) is 5.17. The molecule has 0 aliphatic rings. The molecule has 0 fully saturated rings. The highest BCUT2D eigenvalue weighted by atomic mass is 32.1. The Hall–Kier alpha value is -1.82. The standard InChI is InChI=1S/C14H20N4OS/c1-10-11(2)20-13(18-10)9-17-14(15-3)16-7-6-12-5-4-8-19-12/h4-5,8H,6-7,9H2,1-3H3,(H2,15,16,17). The second-order valence-corrected chi connectivity index (χ2v) is 5.72. The number of aliphatic imine (C=N–C) groups is 1. The SMILES string of the molecule is CN=C(NCCc1ccco1)NCc1nc(C)c(C)s1. The molecule has 108 valence electrons. The van der Waals surface area contributed by atoms with E-state index in [1.165, 1.54) is 4.88 Å². The second-order valence-electron chi connectivity index (χ2n) is 4.43. The van der Waals surface area contributed by atoms with Crippen molar-refractivity contribution < 1.29 is 4.42 Å². The molecule has 20 heavy (non-hydrogen) atoms. The molecular weight excluding hydrogens is 272 g/mol. The van der Waals surface area contributed by atoms with Gasteiger partial charge in [-0.15, -0.1) is 11.3 Å². The van der Waals surface area contributed by atoms with Gasteiger partial charge in [0.05, 0.1) is 18.5 Å². The van der Waals surface area contributed by atoms with Crippen molar-refractivity contribution in [3.8, 4) is 0 Å². The number of rotatable bonds is 5. The maximum Gasteiger partial charge on any atom is 0.191 e. The van der Waals surface area contributed by atoms with Crippen LogP contribution in [0, 0.1) is 13.8 Å². The molecule has 0 radical (unpaired) electrons. The summed E-state index contributed by atoms with van der Waals surface area (Å²) >= 11 is 1.72. The molecule has 2 aromatic heterocycles. The zero-order valence-corrected chi connectivity index (χ0v) is 12.9. The molecule has 0 aromatic carbocycles. The van der Waals surface area contributed by atoms with E-state index in [0.717, 1.165) is 35.4 Å². The number of guanidine groups is 1. The molecule has 0 unspecified atom stereocenters. The molecule has 5 nitrogen and oxygen atoms in total. The molecular formula is C14H20N4OS. The third-order valence-electron chi connectivity index (χ3n) is 2.95. The second kappa shape index (κ2) is 7.09. The first-order chi connectivity index (χ1) is 9.69. The lowest BCUT2D eigenvalue weighted by Gasteiger charge is -2.10. The van der Waals surface area contributed by atoms with E-state index in [-0.39, 0.29) is 0 Å². The van der Waals surface area contributed by atoms with Gasteiger partial charge in [-0.25, -0.2) is 4.98 Å². The lowest BCUT2D eigenvalue weighted by molar-refractivity contribution is 0.507. The van der Waals surface area contributed by atoms with Crippen LogP contribution in [0.1, 0.15) is 21.3 Å². The van der Waals surface area contributed by atoms with E-state index in [0.29, 0.717) is 6.54 Å². The molecule has 2 N–H and O–H groups in total. The fourth-order valence-corrected chi connectivity index (χ4v) is 2.63. The van der Waals surface area contributed by atoms with E-state index >= 15 is 0 Å². The Morgan fingerprint density at radius 1 is 1.40 bits per heavy atom. The van der Waals surface area contributed by atoms with E-state index in [9.17, 15) is 0 Å². The Labute approximate surface area is 123 Å². The topological polar surface area (TPSA) is 62.5 Å². The Morgan fingerprint density at radius 2 is 2.25 bits per heavy atom. The lowest BCUT2D eigenvalue weighted by atomic mass is 10.3. The van der Waals surface area contributed by atoms with Crippen LogP contribution in [0.15, 0.2) is 27.8 Å². The molecule has 0 atom stereocenters. The van der Waals surface area contributed by atoms with Crippen molar-refractivity contribution in [3.63, 3.8) is 0 Å². The van der Waals surface area contributed by atoms with Gasteiger partial charge in [0, 0.05) is 24.9 Å². The smallest absolute Gasteiger partial charge is 0.191 e. The zero-order chi connectivity index (χ0) is 14.4. The highest BCUT2D eigenvalue weighted by Crippen LogP contribution is 2.15. The summed E-state index contributed by atoms with van der Waals surface area (Å²) < 4.78 is 5.29. The molecule has 2 aromatic rings. The van der Waals surface area contributed by atoms with E-state index in [1.54, 1.807) is 24.6 Å². The largest absolute Gasteiger partial charge is 0.469 e. The van der Waals surface area contributed by atoms with Crippen LogP contribution in [0.3, 0.4) is 0 Å². The summed E-state index contributed by atoms with van der Waals surface area (Å²) in [4.78, 5) is 9.95. The fourth-order valence-electron chi connectivity index (χ4n) is 1.75. The first-order valence-electron chi connectivity index (χ1n) is 6.59. The number of hydrogen-bond donors (Lipinski definition) is 2. The summed E-state index contributed by atoms with van der Waals surface area (Å²) in [6.07, 6.45) is 2.53. The number of aromatic nitrogens is 1. The van der Waals surface area contributed by atoms with Gasteiger partial charge in [0.2, 0.25) is 0 Å². The number of nitrogens with zero attached hydrogens (tertiary/aromatic N) is 2. The van der Waals surface area contributed by atoms with Crippen LogP contribution in [0.2, 0.25) is 0 Å². The normalized spacial score (nSPS) is 11.7. The molecule has 2 heterocycles. The van der Waals surface area contributed by atoms with Crippen molar-refractivity contribution >= 4 is 17.3 Å². The predicted molar refractivity (Wildman–Crippen MR) is 82.2 cm³/mol. The number of thiazole rings is 1. The van der Waals surface area contributed by atoms with Gasteiger partial charge in [-0.1, -0.05) is 0 Å². The minimum atomic E-state index is 0.694. The Bertz CT molecular complexity index is 540. The maximum absolute atomic E-state index is 5.29. The molecule has 0 bridgehead atoms. The van der Waals surface area contributed by atoms with Crippen molar-refractivity contribution in [1.29, 1.82) is 0 Å². The zero-order valence-electron chi connectivity index (χ0n) is 12.1. The fraction of sp³-hybridized carbons (Fsp3) is 0.429. The van der Waals surface area contributed by atoms with Crippen molar-refractivity contribution in [3.05, 3.63) is 39.7 Å². The average molecular weight is 292 g/mol. The van der Waals surface area contributed by atoms with E-state index in [2.05, 4.69) is 27.5 Å². The van der Waals surface area contributed by atoms with Gasteiger partial charge < -0.3 is 15.1 Å². The van der Waals surface area contributed by atoms with Gasteiger partial charge in [0.25, 0.3) is 0 Å². The Balaban J connectivity index is 1.75. The maximum atomic E-state index is 5.29. The molecule has 6 heteroatoms. The summed E-state index contributed by atoms with van der Waals surface area (Å²) in [5.74, 6) is 1.75. The van der Waals surface area contributed by atoms with Crippen molar-refractivity contribution in [1.82, 2.24) is 15.6 Å². The monoisotopic (exact) mass is 292 g/mol. The van der Waals surface area contributed by atoms with Crippen LogP contribution in [-0.2, 0) is 13.0 Å². The quantitative estimate of drug-likeness (QED) is 0.655. The van der Waals surface area contributed by atoms with Gasteiger partial charge in [-0.3, -0.25) is 4.99 Å². The molecule has 0 aliphatic carbocycles. The van der Waals surface area contributed by atoms with Crippen molar-refractivity contribution in [2.45, 2.75) is 26.8 Å². The first kappa shape index (κ1) is 14.6. The summed E-state index contributed by atoms with van der Waals surface area (Å²) in [5.41, 5.74) is 1.10. The van der Waals surface area contributed by atoms with Gasteiger partial charge in [-0.05, 0) is 26.0 Å². The van der Waals surface area contributed by atoms with Crippen LogP contribution >= 0.6 is 11.3 Å². The van der Waals surface area contributed by atoms with Crippen LogP contribution in [0.25, 0.3) is 0 Å². The minimum absolute atomic E-state index is 0.694. The summed E-state index contributed by atoms with van der Waals surface area (Å²) in [7, 11) is 1.76. The third kappa shape index (κ3) is 4.09. The number of aryl methyl sites for hydroxylation is 2.